The number of carboxylic acids is 1. The van der Waals surface area contributed by atoms with Gasteiger partial charge in [-0.3, -0.25) is 0 Å². The summed E-state index contributed by atoms with van der Waals surface area (Å²) in [6, 6.07) is 4.01. The van der Waals surface area contributed by atoms with Gasteiger partial charge in [-0.05, 0) is 25.0 Å². The maximum atomic E-state index is 11.8. The Hall–Kier alpha value is -2.34. The number of likely N-dealkylation sites (N-methyl/N-ethyl adjacent to an activating group) is 1. The second kappa shape index (κ2) is 8.35. The van der Waals surface area contributed by atoms with Crippen LogP contribution in [0.1, 0.15) is 12.8 Å². The molecule has 1 atom stereocenters. The molecular weight excluding hydrogens is 401 g/mol. The quantitative estimate of drug-likeness (QED) is 0.781. The zero-order valence-electron chi connectivity index (χ0n) is 15.3. The lowest BCUT2D eigenvalue weighted by atomic mass is 10.2. The molecule has 2 aromatic heterocycles. The highest BCUT2D eigenvalue weighted by Crippen LogP contribution is 2.27. The first kappa shape index (κ1) is 22.0. The van der Waals surface area contributed by atoms with Gasteiger partial charge in [0, 0.05) is 49.6 Å². The van der Waals surface area contributed by atoms with Gasteiger partial charge < -0.3 is 15.0 Å². The third-order valence-electron chi connectivity index (χ3n) is 4.32. The fourth-order valence-electron chi connectivity index (χ4n) is 3.12. The molecule has 1 unspecified atom stereocenters. The summed E-state index contributed by atoms with van der Waals surface area (Å²) in [5, 5.41) is 8.18. The summed E-state index contributed by atoms with van der Waals surface area (Å²) in [7, 11) is -1.12. The number of carbonyl (C=O) groups is 1. The molecule has 1 aliphatic rings. The van der Waals surface area contributed by atoms with Gasteiger partial charge in [0.25, 0.3) is 0 Å². The lowest BCUT2D eigenvalue weighted by Crippen LogP contribution is -2.41. The Labute approximate surface area is 160 Å². The van der Waals surface area contributed by atoms with Crippen LogP contribution in [0.4, 0.5) is 18.9 Å². The molecule has 3 rings (SSSR count). The Morgan fingerprint density at radius 2 is 2.07 bits per heavy atom. The minimum atomic E-state index is -5.08. The number of nitrogens with zero attached hydrogens (tertiary/aromatic N) is 3. The molecule has 0 saturated carbocycles. The fourth-order valence-corrected chi connectivity index (χ4v) is 4.30. The van der Waals surface area contributed by atoms with E-state index in [2.05, 4.69) is 14.9 Å². The van der Waals surface area contributed by atoms with E-state index in [1.807, 2.05) is 25.4 Å². The Morgan fingerprint density at radius 3 is 2.64 bits per heavy atom. The van der Waals surface area contributed by atoms with Gasteiger partial charge in [0.15, 0.2) is 0 Å². The number of aliphatic carboxylic acids is 1. The maximum absolute atomic E-state index is 11.8. The van der Waals surface area contributed by atoms with Crippen LogP contribution in [0, 0.1) is 0 Å². The molecule has 0 aromatic carbocycles. The molecule has 2 aromatic rings. The minimum absolute atomic E-state index is 0.0483. The van der Waals surface area contributed by atoms with Gasteiger partial charge in [0.05, 0.1) is 6.26 Å². The average Bonchev–Trinajstić information content (AvgIpc) is 3.22. The summed E-state index contributed by atoms with van der Waals surface area (Å²) < 4.78 is 57.0. The largest absolute Gasteiger partial charge is 0.490 e. The van der Waals surface area contributed by atoms with Crippen molar-refractivity contribution in [2.75, 3.05) is 31.3 Å². The number of sulfonamides is 1. The third kappa shape index (κ3) is 5.35. The second-order valence-corrected chi connectivity index (χ2v) is 8.36. The van der Waals surface area contributed by atoms with Gasteiger partial charge in [-0.1, -0.05) is 0 Å². The molecule has 0 amide bonds. The molecule has 8 nitrogen and oxygen atoms in total. The lowest BCUT2D eigenvalue weighted by molar-refractivity contribution is -0.192. The Morgan fingerprint density at radius 1 is 1.43 bits per heavy atom. The Bertz CT molecular complexity index is 929. The van der Waals surface area contributed by atoms with E-state index in [4.69, 9.17) is 9.90 Å². The number of anilines is 1. The van der Waals surface area contributed by atoms with Crippen LogP contribution < -0.4 is 4.90 Å². The molecule has 1 fully saturated rings. The molecule has 1 saturated heterocycles. The first-order valence-corrected chi connectivity index (χ1v) is 10.2. The number of fused-ring (bicyclic) bond motifs is 1. The van der Waals surface area contributed by atoms with Crippen molar-refractivity contribution in [1.29, 1.82) is 0 Å². The predicted octanol–water partition coefficient (Wildman–Crippen LogP) is 2.06. The van der Waals surface area contributed by atoms with Crippen LogP contribution in [-0.2, 0) is 14.8 Å². The average molecular weight is 422 g/mol. The number of hydrogen-bond donors (Lipinski definition) is 2. The summed E-state index contributed by atoms with van der Waals surface area (Å²) >= 11 is 0. The van der Waals surface area contributed by atoms with E-state index in [1.165, 1.54) is 6.26 Å². The molecule has 0 bridgehead atoms. The number of halogens is 3. The van der Waals surface area contributed by atoms with E-state index in [1.54, 1.807) is 10.5 Å². The number of hydrogen-bond acceptors (Lipinski definition) is 5. The van der Waals surface area contributed by atoms with Gasteiger partial charge in [-0.2, -0.15) is 17.5 Å². The molecule has 3 heterocycles. The van der Waals surface area contributed by atoms with Crippen LogP contribution in [-0.4, -0.2) is 72.4 Å². The van der Waals surface area contributed by atoms with E-state index in [0.29, 0.717) is 13.1 Å². The van der Waals surface area contributed by atoms with Gasteiger partial charge in [0.2, 0.25) is 10.0 Å². The predicted molar refractivity (Wildman–Crippen MR) is 97.6 cm³/mol. The van der Waals surface area contributed by atoms with Crippen molar-refractivity contribution in [2.24, 2.45) is 0 Å². The zero-order chi connectivity index (χ0) is 21.1. The zero-order valence-corrected chi connectivity index (χ0v) is 16.1. The highest BCUT2D eigenvalue weighted by molar-refractivity contribution is 7.88. The number of aromatic nitrogens is 2. The van der Waals surface area contributed by atoms with E-state index >= 15 is 0 Å². The van der Waals surface area contributed by atoms with Gasteiger partial charge in [-0.25, -0.2) is 18.2 Å². The summed E-state index contributed by atoms with van der Waals surface area (Å²) in [4.78, 5) is 18.4. The van der Waals surface area contributed by atoms with Crippen molar-refractivity contribution in [3.8, 4) is 0 Å². The number of alkyl halides is 3. The molecule has 1 aliphatic heterocycles. The van der Waals surface area contributed by atoms with E-state index in [0.717, 1.165) is 29.6 Å². The number of rotatable bonds is 4. The first-order valence-electron chi connectivity index (χ1n) is 8.31. The van der Waals surface area contributed by atoms with Crippen molar-refractivity contribution in [1.82, 2.24) is 14.3 Å². The second-order valence-electron chi connectivity index (χ2n) is 6.42. The fraction of sp³-hybridized carbons (Fsp3) is 0.500. The lowest BCUT2D eigenvalue weighted by Gasteiger charge is -2.28. The Balaban J connectivity index is 0.000000345. The van der Waals surface area contributed by atoms with Crippen LogP contribution in [0.25, 0.3) is 11.0 Å². The van der Waals surface area contributed by atoms with Crippen LogP contribution in [0.5, 0.6) is 0 Å². The molecule has 12 heteroatoms. The SMILES string of the molecule is CN(CC1CCCN1S(C)(=O)=O)c1ccnc2[nH]ccc12.O=C(O)C(F)(F)F. The third-order valence-corrected chi connectivity index (χ3v) is 5.66. The van der Waals surface area contributed by atoms with E-state index in [9.17, 15) is 21.6 Å². The van der Waals surface area contributed by atoms with Crippen LogP contribution in [0.2, 0.25) is 0 Å². The molecule has 0 radical (unpaired) electrons. The highest BCUT2D eigenvalue weighted by Gasteiger charge is 2.38. The number of pyridine rings is 1. The molecule has 2 N–H and O–H groups in total. The van der Waals surface area contributed by atoms with Gasteiger partial charge >= 0.3 is 12.1 Å². The highest BCUT2D eigenvalue weighted by atomic mass is 32.2. The number of nitrogens with one attached hydrogen (secondary N) is 1. The Kier molecular flexibility index (Phi) is 6.55. The normalized spacial score (nSPS) is 18.0. The molecule has 0 spiro atoms. The van der Waals surface area contributed by atoms with Crippen LogP contribution in [0.3, 0.4) is 0 Å². The number of aromatic amines is 1. The monoisotopic (exact) mass is 422 g/mol. The first-order chi connectivity index (χ1) is 12.9. The van der Waals surface area contributed by atoms with Gasteiger partial charge in [-0.15, -0.1) is 0 Å². The van der Waals surface area contributed by atoms with Crippen molar-refractivity contribution >= 4 is 32.7 Å². The smallest absolute Gasteiger partial charge is 0.475 e. The standard InChI is InChI=1S/C14H20N4O2S.C2HF3O2/c1-17(10-11-4-3-9-18(11)21(2,19)20)13-6-8-16-14-12(13)5-7-15-14;3-2(4,5)1(6)7/h5-8,11H,3-4,9-10H2,1-2H3,(H,15,16);(H,6,7). The molecule has 0 aliphatic carbocycles. The van der Waals surface area contributed by atoms with Crippen molar-refractivity contribution in [3.63, 3.8) is 0 Å². The summed E-state index contributed by atoms with van der Waals surface area (Å²) in [6.45, 7) is 1.32. The van der Waals surface area contributed by atoms with Crippen LogP contribution >= 0.6 is 0 Å². The van der Waals surface area contributed by atoms with Crippen molar-refractivity contribution < 1.29 is 31.5 Å². The maximum Gasteiger partial charge on any atom is 0.490 e. The molecule has 28 heavy (non-hydrogen) atoms. The van der Waals surface area contributed by atoms with E-state index < -0.39 is 22.2 Å². The number of carboxylic acid groups (broad SMARTS) is 1. The van der Waals surface area contributed by atoms with Gasteiger partial charge in [0.1, 0.15) is 5.65 Å². The number of H-pyrrole nitrogens is 1. The van der Waals surface area contributed by atoms with Crippen molar-refractivity contribution in [2.45, 2.75) is 25.1 Å². The molecule has 156 valence electrons. The van der Waals surface area contributed by atoms with E-state index in [-0.39, 0.29) is 6.04 Å². The topological polar surface area (TPSA) is 107 Å². The van der Waals surface area contributed by atoms with Crippen molar-refractivity contribution in [3.05, 3.63) is 24.5 Å². The molecular formula is C16H21F3N4O4S. The minimum Gasteiger partial charge on any atom is -0.475 e. The summed E-state index contributed by atoms with van der Waals surface area (Å²) in [5.74, 6) is -2.76. The summed E-state index contributed by atoms with van der Waals surface area (Å²) in [6.07, 6.45) is 1.70. The summed E-state index contributed by atoms with van der Waals surface area (Å²) in [5.41, 5.74) is 1.92. The van der Waals surface area contributed by atoms with Crippen LogP contribution in [0.15, 0.2) is 24.5 Å².